The van der Waals surface area contributed by atoms with Gasteiger partial charge in [-0.15, -0.1) is 0 Å². The van der Waals surface area contributed by atoms with Crippen LogP contribution < -0.4 is 5.32 Å². The summed E-state index contributed by atoms with van der Waals surface area (Å²) in [7, 11) is 0. The Bertz CT molecular complexity index is 720. The van der Waals surface area contributed by atoms with Gasteiger partial charge in [0.2, 0.25) is 0 Å². The normalized spacial score (nSPS) is 19.4. The highest BCUT2D eigenvalue weighted by atomic mass is 16.6. The Morgan fingerprint density at radius 2 is 1.67 bits per heavy atom. The molecule has 164 valence electrons. The molecule has 2 aliphatic rings. The summed E-state index contributed by atoms with van der Waals surface area (Å²) in [5, 5.41) is 7.31. The lowest BCUT2D eigenvalue weighted by atomic mass is 9.94. The number of hydrogen-bond donors (Lipinski definition) is 1. The fourth-order valence-electron chi connectivity index (χ4n) is 4.13. The maximum absolute atomic E-state index is 13.4. The van der Waals surface area contributed by atoms with Gasteiger partial charge in [0.05, 0.1) is 11.8 Å². The monoisotopic (exact) mass is 412 g/mol. The Morgan fingerprint density at radius 1 is 1.03 bits per heavy atom. The smallest absolute Gasteiger partial charge is 0.317 e. The second kappa shape index (κ2) is 11.7. The number of hydrogen-bond acceptors (Lipinski definition) is 4. The van der Waals surface area contributed by atoms with E-state index in [1.807, 2.05) is 44.2 Å². The predicted molar refractivity (Wildman–Crippen MR) is 123 cm³/mol. The summed E-state index contributed by atoms with van der Waals surface area (Å²) in [6.45, 7) is 3.98. The molecule has 0 heterocycles. The number of rotatable bonds is 5. The molecule has 0 atom stereocenters. The topological polar surface area (TPSA) is 66.3 Å². The summed E-state index contributed by atoms with van der Waals surface area (Å²) in [6.07, 6.45) is 11.9. The highest BCUT2D eigenvalue weighted by Crippen LogP contribution is 2.26. The van der Waals surface area contributed by atoms with Crippen LogP contribution in [0, 0.1) is 0 Å². The molecule has 3 rings (SSSR count). The Labute approximate surface area is 180 Å². The summed E-state index contributed by atoms with van der Waals surface area (Å²) in [4.78, 5) is 26.0. The van der Waals surface area contributed by atoms with Crippen molar-refractivity contribution in [2.24, 2.45) is 10.1 Å². The van der Waals surface area contributed by atoms with E-state index in [-0.39, 0.29) is 18.1 Å². The number of aliphatic imine (C=N–C) groups is 1. The van der Waals surface area contributed by atoms with Crippen molar-refractivity contribution in [1.29, 1.82) is 0 Å². The van der Waals surface area contributed by atoms with E-state index in [2.05, 4.69) is 10.5 Å². The number of para-hydroxylation sites is 1. The van der Waals surface area contributed by atoms with E-state index in [0.29, 0.717) is 6.02 Å². The first-order valence-electron chi connectivity index (χ1n) is 11.6. The van der Waals surface area contributed by atoms with Gasteiger partial charge in [-0.1, -0.05) is 68.8 Å². The third-order valence-electron chi connectivity index (χ3n) is 6.05. The van der Waals surface area contributed by atoms with Crippen LogP contribution in [0.5, 0.6) is 0 Å². The second-order valence-corrected chi connectivity index (χ2v) is 8.43. The first-order valence-corrected chi connectivity index (χ1v) is 11.6. The molecule has 0 radical (unpaired) electrons. The molecule has 6 nitrogen and oxygen atoms in total. The fraction of sp³-hybridized carbons (Fsp3) is 0.625. The second-order valence-electron chi connectivity index (χ2n) is 8.43. The summed E-state index contributed by atoms with van der Waals surface area (Å²) in [5.74, 6) is 0. The molecule has 0 aliphatic heterocycles. The molecule has 0 bridgehead atoms. The van der Waals surface area contributed by atoms with Gasteiger partial charge in [0, 0.05) is 11.7 Å². The van der Waals surface area contributed by atoms with Crippen LogP contribution in [0.4, 0.5) is 10.5 Å². The van der Waals surface area contributed by atoms with E-state index in [1.54, 1.807) is 4.90 Å². The van der Waals surface area contributed by atoms with Crippen molar-refractivity contribution in [3.63, 3.8) is 0 Å². The summed E-state index contributed by atoms with van der Waals surface area (Å²) in [6, 6.07) is 10.0. The largest absolute Gasteiger partial charge is 0.330 e. The van der Waals surface area contributed by atoms with Crippen LogP contribution in [0.15, 0.2) is 40.5 Å². The van der Waals surface area contributed by atoms with Gasteiger partial charge in [-0.3, -0.25) is 0 Å². The number of anilines is 1. The third kappa shape index (κ3) is 6.57. The van der Waals surface area contributed by atoms with Crippen LogP contribution in [-0.4, -0.2) is 34.7 Å². The van der Waals surface area contributed by atoms with Crippen LogP contribution in [0.3, 0.4) is 0 Å². The molecule has 0 saturated heterocycles. The first kappa shape index (κ1) is 22.3. The highest BCUT2D eigenvalue weighted by molar-refractivity contribution is 6.01. The summed E-state index contributed by atoms with van der Waals surface area (Å²) < 4.78 is 0. The van der Waals surface area contributed by atoms with Gasteiger partial charge in [0.1, 0.15) is 0 Å². The van der Waals surface area contributed by atoms with Gasteiger partial charge in [-0.2, -0.15) is 0 Å². The zero-order chi connectivity index (χ0) is 21.2. The molecule has 0 spiro atoms. The Balaban J connectivity index is 1.89. The Morgan fingerprint density at radius 3 is 2.30 bits per heavy atom. The molecule has 2 saturated carbocycles. The minimum absolute atomic E-state index is 0.0851. The average Bonchev–Trinajstić information content (AvgIpc) is 2.79. The molecule has 0 aromatic heterocycles. The van der Waals surface area contributed by atoms with Crippen LogP contribution in [0.2, 0.25) is 0 Å². The van der Waals surface area contributed by atoms with Gasteiger partial charge < -0.3 is 10.2 Å². The van der Waals surface area contributed by atoms with Gasteiger partial charge in [-0.05, 0) is 51.2 Å². The number of nitrogens with zero attached hydrogens (tertiary/aromatic N) is 3. The van der Waals surface area contributed by atoms with Gasteiger partial charge >= 0.3 is 12.1 Å². The van der Waals surface area contributed by atoms with Crippen molar-refractivity contribution in [1.82, 2.24) is 4.90 Å². The van der Waals surface area contributed by atoms with E-state index in [1.165, 1.54) is 25.7 Å². The number of carbonyl (C=O) groups is 1. The molecule has 1 aromatic carbocycles. The standard InChI is InChI=1S/C24H36N4O2/c1-3-19(2)27-30-24(26-21-15-9-5-10-16-21)28(22-17-11-6-12-18-22)23(29)25-20-13-7-4-8-14-20/h4,7-8,13-14,21-22H,3,5-6,9-12,15-18H2,1-2H3,(H,25,29)/b26-24?,27-19+. The lowest BCUT2D eigenvalue weighted by molar-refractivity contribution is 0.175. The number of benzene rings is 1. The molecular weight excluding hydrogens is 376 g/mol. The van der Waals surface area contributed by atoms with E-state index >= 15 is 0 Å². The zero-order valence-electron chi connectivity index (χ0n) is 18.5. The number of urea groups is 1. The molecule has 2 amide bonds. The molecule has 2 aliphatic carbocycles. The van der Waals surface area contributed by atoms with Crippen molar-refractivity contribution in [3.05, 3.63) is 30.3 Å². The lowest BCUT2D eigenvalue weighted by Crippen LogP contribution is -2.48. The van der Waals surface area contributed by atoms with Gasteiger partial charge in [0.25, 0.3) is 0 Å². The van der Waals surface area contributed by atoms with Gasteiger partial charge in [-0.25, -0.2) is 14.7 Å². The maximum Gasteiger partial charge on any atom is 0.330 e. The van der Waals surface area contributed by atoms with E-state index in [9.17, 15) is 4.79 Å². The van der Waals surface area contributed by atoms with Crippen LogP contribution >= 0.6 is 0 Å². The predicted octanol–water partition coefficient (Wildman–Crippen LogP) is 6.34. The van der Waals surface area contributed by atoms with Crippen molar-refractivity contribution >= 4 is 23.5 Å². The number of oxime groups is 1. The quantitative estimate of drug-likeness (QED) is 0.348. The minimum atomic E-state index is -0.188. The van der Waals surface area contributed by atoms with Crippen molar-refractivity contribution < 1.29 is 9.63 Å². The Kier molecular flexibility index (Phi) is 8.72. The molecule has 30 heavy (non-hydrogen) atoms. The van der Waals surface area contributed by atoms with E-state index in [0.717, 1.165) is 56.3 Å². The van der Waals surface area contributed by atoms with Crippen molar-refractivity contribution in [2.75, 3.05) is 5.32 Å². The average molecular weight is 413 g/mol. The van der Waals surface area contributed by atoms with Gasteiger partial charge in [0.15, 0.2) is 0 Å². The summed E-state index contributed by atoms with van der Waals surface area (Å²) in [5.41, 5.74) is 1.66. The maximum atomic E-state index is 13.4. The lowest BCUT2D eigenvalue weighted by Gasteiger charge is -2.34. The molecule has 0 unspecified atom stereocenters. The first-order chi connectivity index (χ1) is 14.7. The number of amidine groups is 1. The molecule has 1 N–H and O–H groups in total. The van der Waals surface area contributed by atoms with E-state index in [4.69, 9.17) is 9.83 Å². The van der Waals surface area contributed by atoms with Crippen LogP contribution in [-0.2, 0) is 4.84 Å². The number of amides is 2. The highest BCUT2D eigenvalue weighted by Gasteiger charge is 2.32. The molecule has 1 aromatic rings. The Hall–Kier alpha value is -2.37. The minimum Gasteiger partial charge on any atom is -0.317 e. The molecule has 2 fully saturated rings. The fourth-order valence-corrected chi connectivity index (χ4v) is 4.13. The SMILES string of the molecule is CC/C(C)=N/OC(=NC1CCCCC1)N(C(=O)Nc1ccccc1)C1CCCCC1. The van der Waals surface area contributed by atoms with Crippen LogP contribution in [0.25, 0.3) is 0 Å². The number of carbonyl (C=O) groups excluding carboxylic acids is 1. The van der Waals surface area contributed by atoms with E-state index < -0.39 is 0 Å². The number of nitrogens with one attached hydrogen (secondary N) is 1. The van der Waals surface area contributed by atoms with Crippen molar-refractivity contribution in [2.45, 2.75) is 96.6 Å². The molecular formula is C24H36N4O2. The van der Waals surface area contributed by atoms with Crippen molar-refractivity contribution in [3.8, 4) is 0 Å². The summed E-state index contributed by atoms with van der Waals surface area (Å²) >= 11 is 0. The zero-order valence-corrected chi connectivity index (χ0v) is 18.5. The van der Waals surface area contributed by atoms with Crippen LogP contribution in [0.1, 0.15) is 84.5 Å². The third-order valence-corrected chi connectivity index (χ3v) is 6.05. The molecule has 6 heteroatoms.